The quantitative estimate of drug-likeness (QED) is 0.907. The van der Waals surface area contributed by atoms with E-state index in [4.69, 9.17) is 15.2 Å². The summed E-state index contributed by atoms with van der Waals surface area (Å²) in [7, 11) is 4.08. The summed E-state index contributed by atoms with van der Waals surface area (Å²) in [6.45, 7) is 2.77. The van der Waals surface area contributed by atoms with Crippen molar-refractivity contribution in [2.75, 3.05) is 43.5 Å². The van der Waals surface area contributed by atoms with Crippen molar-refractivity contribution in [3.8, 4) is 6.07 Å². The van der Waals surface area contributed by atoms with Gasteiger partial charge < -0.3 is 15.1 Å². The summed E-state index contributed by atoms with van der Waals surface area (Å²) in [5.41, 5.74) is 0.986. The molecule has 3 heterocycles. The average Bonchev–Trinajstić information content (AvgIpc) is 3.07. The topological polar surface area (TPSA) is 68.1 Å². The highest BCUT2D eigenvalue weighted by atomic mass is 32.1. The summed E-state index contributed by atoms with van der Waals surface area (Å²) >= 11 is 1.65. The standard InChI is InChI=1S/C16H22N6S/c1-21(10-3-7-17)15-14-13(6-11-23-14)19-16(20-15)22(2)12-4-8-18-9-5-12/h6,11-12,18H,3-5,8-10H2,1-2H3. The zero-order chi connectivity index (χ0) is 16.2. The lowest BCUT2D eigenvalue weighted by Gasteiger charge is -2.32. The number of rotatable bonds is 5. The molecule has 2 aromatic rings. The fourth-order valence-corrected chi connectivity index (χ4v) is 3.81. The SMILES string of the molecule is CN(CCC#N)c1nc(N(C)C2CCNCC2)nc2ccsc12. The molecule has 0 spiro atoms. The first kappa shape index (κ1) is 16.0. The number of hydrogen-bond donors (Lipinski definition) is 1. The normalized spacial score (nSPS) is 15.5. The van der Waals surface area contributed by atoms with E-state index < -0.39 is 0 Å². The summed E-state index contributed by atoms with van der Waals surface area (Å²) in [5, 5.41) is 14.3. The highest BCUT2D eigenvalue weighted by Crippen LogP contribution is 2.31. The molecule has 0 radical (unpaired) electrons. The van der Waals surface area contributed by atoms with Crippen molar-refractivity contribution in [2.45, 2.75) is 25.3 Å². The molecular weight excluding hydrogens is 308 g/mol. The Bertz CT molecular complexity index is 700. The lowest BCUT2D eigenvalue weighted by atomic mass is 10.1. The van der Waals surface area contributed by atoms with Crippen molar-refractivity contribution in [1.82, 2.24) is 15.3 Å². The van der Waals surface area contributed by atoms with Gasteiger partial charge in [-0.3, -0.25) is 0 Å². The molecule has 7 heteroatoms. The van der Waals surface area contributed by atoms with Crippen LogP contribution in [0.3, 0.4) is 0 Å². The predicted octanol–water partition coefficient (Wildman–Crippen LogP) is 2.23. The first-order chi connectivity index (χ1) is 11.2. The Morgan fingerprint density at radius 3 is 2.87 bits per heavy atom. The van der Waals surface area contributed by atoms with Gasteiger partial charge in [0.2, 0.25) is 5.95 Å². The van der Waals surface area contributed by atoms with E-state index in [1.165, 1.54) is 0 Å². The van der Waals surface area contributed by atoms with Gasteiger partial charge in [0.15, 0.2) is 5.82 Å². The van der Waals surface area contributed by atoms with Crippen LogP contribution in [0.5, 0.6) is 0 Å². The van der Waals surface area contributed by atoms with Crippen molar-refractivity contribution in [2.24, 2.45) is 0 Å². The zero-order valence-corrected chi connectivity index (χ0v) is 14.4. The molecule has 1 N–H and O–H groups in total. The van der Waals surface area contributed by atoms with Crippen molar-refractivity contribution in [1.29, 1.82) is 5.26 Å². The minimum atomic E-state index is 0.476. The first-order valence-electron chi connectivity index (χ1n) is 7.97. The maximum Gasteiger partial charge on any atom is 0.227 e. The second kappa shape index (κ2) is 7.11. The smallest absolute Gasteiger partial charge is 0.227 e. The minimum Gasteiger partial charge on any atom is -0.357 e. The number of fused-ring (bicyclic) bond motifs is 1. The number of nitrogens with one attached hydrogen (secondary N) is 1. The lowest BCUT2D eigenvalue weighted by Crippen LogP contribution is -2.42. The van der Waals surface area contributed by atoms with Crippen LogP contribution in [0.1, 0.15) is 19.3 Å². The molecule has 0 unspecified atom stereocenters. The molecule has 1 fully saturated rings. The van der Waals surface area contributed by atoms with Crippen molar-refractivity contribution in [3.63, 3.8) is 0 Å². The lowest BCUT2D eigenvalue weighted by molar-refractivity contribution is 0.440. The van der Waals surface area contributed by atoms with Crippen molar-refractivity contribution < 1.29 is 0 Å². The molecule has 6 nitrogen and oxygen atoms in total. The number of anilines is 2. The van der Waals surface area contributed by atoms with Gasteiger partial charge in [0.05, 0.1) is 22.7 Å². The van der Waals surface area contributed by atoms with Gasteiger partial charge in [-0.1, -0.05) is 0 Å². The van der Waals surface area contributed by atoms with Gasteiger partial charge in [0, 0.05) is 26.7 Å². The summed E-state index contributed by atoms with van der Waals surface area (Å²) in [4.78, 5) is 13.8. The highest BCUT2D eigenvalue weighted by Gasteiger charge is 2.22. The third-order valence-electron chi connectivity index (χ3n) is 4.37. The molecular formula is C16H22N6S. The van der Waals surface area contributed by atoms with E-state index in [1.54, 1.807) is 11.3 Å². The number of piperidine rings is 1. The van der Waals surface area contributed by atoms with Crippen LogP contribution in [0.25, 0.3) is 10.2 Å². The molecule has 0 aliphatic carbocycles. The summed E-state index contributed by atoms with van der Waals surface area (Å²) in [5.74, 6) is 1.71. The molecule has 0 atom stereocenters. The Hall–Kier alpha value is -1.91. The second-order valence-corrected chi connectivity index (χ2v) is 6.82. The first-order valence-corrected chi connectivity index (χ1v) is 8.85. The van der Waals surface area contributed by atoms with Crippen LogP contribution in [0.15, 0.2) is 11.4 Å². The Balaban J connectivity index is 1.93. The third kappa shape index (κ3) is 3.38. The Morgan fingerprint density at radius 2 is 2.13 bits per heavy atom. The molecule has 1 aliphatic heterocycles. The minimum absolute atomic E-state index is 0.476. The van der Waals surface area contributed by atoms with Gasteiger partial charge in [-0.15, -0.1) is 11.3 Å². The van der Waals surface area contributed by atoms with Gasteiger partial charge in [-0.25, -0.2) is 4.98 Å². The molecule has 1 saturated heterocycles. The monoisotopic (exact) mass is 330 g/mol. The molecule has 0 bridgehead atoms. The van der Waals surface area contributed by atoms with E-state index in [-0.39, 0.29) is 0 Å². The molecule has 122 valence electrons. The maximum absolute atomic E-state index is 8.83. The number of aromatic nitrogens is 2. The summed E-state index contributed by atoms with van der Waals surface area (Å²) < 4.78 is 1.09. The molecule has 0 saturated carbocycles. The Morgan fingerprint density at radius 1 is 1.35 bits per heavy atom. The molecule has 3 rings (SSSR count). The Labute approximate surface area is 140 Å². The fourth-order valence-electron chi connectivity index (χ4n) is 2.93. The Kier molecular flexibility index (Phi) is 4.94. The molecule has 2 aromatic heterocycles. The number of hydrogen-bond acceptors (Lipinski definition) is 7. The largest absolute Gasteiger partial charge is 0.357 e. The molecule has 1 aliphatic rings. The number of thiophene rings is 1. The van der Waals surface area contributed by atoms with Crippen LogP contribution in [0.2, 0.25) is 0 Å². The van der Waals surface area contributed by atoms with Gasteiger partial charge in [-0.2, -0.15) is 10.2 Å². The molecule has 23 heavy (non-hydrogen) atoms. The number of nitrogens with zero attached hydrogens (tertiary/aromatic N) is 5. The molecule has 0 aromatic carbocycles. The van der Waals surface area contributed by atoms with E-state index in [1.807, 2.05) is 13.1 Å². The van der Waals surface area contributed by atoms with Crippen molar-refractivity contribution in [3.05, 3.63) is 11.4 Å². The zero-order valence-electron chi connectivity index (χ0n) is 13.6. The fraction of sp³-hybridized carbons (Fsp3) is 0.562. The van der Waals surface area contributed by atoms with Gasteiger partial charge in [0.25, 0.3) is 0 Å². The van der Waals surface area contributed by atoms with Crippen LogP contribution in [0.4, 0.5) is 11.8 Å². The number of nitriles is 1. The van der Waals surface area contributed by atoms with Crippen LogP contribution in [0, 0.1) is 11.3 Å². The van der Waals surface area contributed by atoms with Crippen molar-refractivity contribution >= 4 is 33.3 Å². The third-order valence-corrected chi connectivity index (χ3v) is 5.27. The average molecular weight is 330 g/mol. The van der Waals surface area contributed by atoms with Crippen LogP contribution < -0.4 is 15.1 Å². The van der Waals surface area contributed by atoms with Gasteiger partial charge >= 0.3 is 0 Å². The van der Waals surface area contributed by atoms with E-state index in [0.29, 0.717) is 19.0 Å². The maximum atomic E-state index is 8.83. The highest BCUT2D eigenvalue weighted by molar-refractivity contribution is 7.17. The molecule has 0 amide bonds. The van der Waals surface area contributed by atoms with E-state index >= 15 is 0 Å². The summed E-state index contributed by atoms with van der Waals surface area (Å²) in [6, 6.07) is 4.72. The second-order valence-electron chi connectivity index (χ2n) is 5.90. The van der Waals surface area contributed by atoms with Crippen LogP contribution in [-0.4, -0.2) is 49.7 Å². The van der Waals surface area contributed by atoms with Crippen LogP contribution >= 0.6 is 11.3 Å². The van der Waals surface area contributed by atoms with Gasteiger partial charge in [-0.05, 0) is 37.4 Å². The van der Waals surface area contributed by atoms with E-state index in [9.17, 15) is 0 Å². The predicted molar refractivity (Wildman–Crippen MR) is 95.2 cm³/mol. The summed E-state index contributed by atoms with van der Waals surface area (Å²) in [6.07, 6.45) is 2.72. The van der Waals surface area contributed by atoms with Gasteiger partial charge in [0.1, 0.15) is 0 Å². The van der Waals surface area contributed by atoms with Crippen LogP contribution in [-0.2, 0) is 0 Å². The van der Waals surface area contributed by atoms with E-state index in [2.05, 4.69) is 33.6 Å². The van der Waals surface area contributed by atoms with E-state index in [0.717, 1.165) is 47.9 Å².